The van der Waals surface area contributed by atoms with E-state index in [2.05, 4.69) is 36.2 Å². The molecule has 2 saturated heterocycles. The number of rotatable bonds is 4. The van der Waals surface area contributed by atoms with Gasteiger partial charge in [-0.15, -0.1) is 11.3 Å². The number of hydrogen-bond acceptors (Lipinski definition) is 3. The highest BCUT2D eigenvalue weighted by atomic mass is 32.1. The molecule has 0 aromatic carbocycles. The molecule has 1 aromatic heterocycles. The lowest BCUT2D eigenvalue weighted by Gasteiger charge is -2.51. The first-order valence-electron chi connectivity index (χ1n) is 10.7. The Balaban J connectivity index is 1.56. The third-order valence-electron chi connectivity index (χ3n) is 7.52. The fourth-order valence-corrected chi connectivity index (χ4v) is 7.15. The number of nitrogens with one attached hydrogen (secondary N) is 1. The van der Waals surface area contributed by atoms with Crippen molar-refractivity contribution in [2.75, 3.05) is 19.6 Å². The predicted molar refractivity (Wildman–Crippen MR) is 108 cm³/mol. The molecule has 2 aliphatic heterocycles. The van der Waals surface area contributed by atoms with Crippen molar-refractivity contribution in [3.05, 3.63) is 21.9 Å². The number of aryl methyl sites for hydroxylation is 1. The molecule has 1 amide bonds. The fourth-order valence-electron chi connectivity index (χ4n) is 6.01. The van der Waals surface area contributed by atoms with Crippen LogP contribution in [0.15, 0.2) is 12.1 Å². The lowest BCUT2D eigenvalue weighted by atomic mass is 9.67. The number of piperidine rings is 1. The van der Waals surface area contributed by atoms with Gasteiger partial charge in [-0.25, -0.2) is 0 Å². The van der Waals surface area contributed by atoms with E-state index in [0.717, 1.165) is 32.5 Å². The Hall–Kier alpha value is -0.870. The van der Waals surface area contributed by atoms with Crippen LogP contribution in [0.25, 0.3) is 0 Å². The van der Waals surface area contributed by atoms with Crippen LogP contribution in [0.5, 0.6) is 0 Å². The zero-order valence-electron chi connectivity index (χ0n) is 16.5. The molecule has 1 unspecified atom stereocenters. The van der Waals surface area contributed by atoms with E-state index >= 15 is 0 Å². The van der Waals surface area contributed by atoms with Gasteiger partial charge in [-0.2, -0.15) is 0 Å². The summed E-state index contributed by atoms with van der Waals surface area (Å²) in [6.45, 7) is 7.56. The molecular weight excluding hydrogens is 340 g/mol. The lowest BCUT2D eigenvalue weighted by Crippen LogP contribution is -2.54. The molecule has 0 radical (unpaired) electrons. The first-order chi connectivity index (χ1) is 12.6. The second-order valence-electron chi connectivity index (χ2n) is 8.84. The molecule has 1 spiro atoms. The molecule has 3 aliphatic rings. The topological polar surface area (TPSA) is 32.3 Å². The summed E-state index contributed by atoms with van der Waals surface area (Å²) in [5.41, 5.74) is 0.169. The monoisotopic (exact) mass is 374 g/mol. The van der Waals surface area contributed by atoms with E-state index in [4.69, 9.17) is 0 Å². The summed E-state index contributed by atoms with van der Waals surface area (Å²) in [4.78, 5) is 18.5. The average Bonchev–Trinajstić information content (AvgIpc) is 3.23. The molecule has 4 rings (SSSR count). The molecule has 1 saturated carbocycles. The molecule has 0 bridgehead atoms. The summed E-state index contributed by atoms with van der Waals surface area (Å²) in [6, 6.07) is 4.68. The van der Waals surface area contributed by atoms with Crippen molar-refractivity contribution in [2.24, 2.45) is 11.3 Å². The van der Waals surface area contributed by atoms with Crippen LogP contribution >= 0.6 is 11.3 Å². The summed E-state index contributed by atoms with van der Waals surface area (Å²) < 4.78 is 0. The van der Waals surface area contributed by atoms with Gasteiger partial charge in [0.05, 0.1) is 11.0 Å². The third kappa shape index (κ3) is 2.93. The second-order valence-corrected chi connectivity index (χ2v) is 10.1. The van der Waals surface area contributed by atoms with Crippen molar-refractivity contribution >= 4 is 17.2 Å². The highest BCUT2D eigenvalue weighted by Crippen LogP contribution is 2.50. The molecular formula is C22H34N2OS. The van der Waals surface area contributed by atoms with Gasteiger partial charge in [0.2, 0.25) is 5.91 Å². The smallest absolute Gasteiger partial charge is 0.226 e. The number of hydrogen-bond donors (Lipinski definition) is 1. The van der Waals surface area contributed by atoms with E-state index in [1.807, 2.05) is 11.3 Å². The zero-order chi connectivity index (χ0) is 18.2. The lowest BCUT2D eigenvalue weighted by molar-refractivity contribution is -0.133. The van der Waals surface area contributed by atoms with E-state index in [9.17, 15) is 4.79 Å². The molecule has 144 valence electrons. The summed E-state index contributed by atoms with van der Waals surface area (Å²) in [6.07, 6.45) is 11.1. The maximum absolute atomic E-state index is 12.7. The number of carbonyl (C=O) groups excluding carboxylic acids is 1. The van der Waals surface area contributed by atoms with Crippen LogP contribution in [0.3, 0.4) is 0 Å². The number of carbonyl (C=O) groups is 1. The minimum Gasteiger partial charge on any atom is -0.355 e. The molecule has 1 N–H and O–H groups in total. The van der Waals surface area contributed by atoms with Crippen LogP contribution in [0.2, 0.25) is 0 Å². The van der Waals surface area contributed by atoms with Crippen molar-refractivity contribution < 1.29 is 4.79 Å². The quantitative estimate of drug-likeness (QED) is 0.817. The Kier molecular flexibility index (Phi) is 5.17. The average molecular weight is 375 g/mol. The Labute approximate surface area is 162 Å². The third-order valence-corrected chi connectivity index (χ3v) is 8.71. The SMILES string of the molecule is CCCC1CNC(=O)C12CCN(C1(c3ccc(C)s3)CCCCC1)CC2. The van der Waals surface area contributed by atoms with Crippen LogP contribution in [0.4, 0.5) is 0 Å². The highest BCUT2D eigenvalue weighted by molar-refractivity contribution is 7.12. The predicted octanol–water partition coefficient (Wildman–Crippen LogP) is 4.84. The van der Waals surface area contributed by atoms with Crippen molar-refractivity contribution in [3.63, 3.8) is 0 Å². The Bertz CT molecular complexity index is 638. The molecule has 3 heterocycles. The number of likely N-dealkylation sites (tertiary alicyclic amines) is 1. The number of amides is 1. The first-order valence-corrected chi connectivity index (χ1v) is 11.5. The summed E-state index contributed by atoms with van der Waals surface area (Å²) in [5, 5.41) is 3.20. The summed E-state index contributed by atoms with van der Waals surface area (Å²) >= 11 is 2.00. The molecule has 1 atom stereocenters. The van der Waals surface area contributed by atoms with E-state index in [-0.39, 0.29) is 11.0 Å². The van der Waals surface area contributed by atoms with Gasteiger partial charge >= 0.3 is 0 Å². The van der Waals surface area contributed by atoms with Crippen LogP contribution in [0, 0.1) is 18.3 Å². The minimum absolute atomic E-state index is 0.0757. The van der Waals surface area contributed by atoms with E-state index in [1.165, 1.54) is 49.8 Å². The number of nitrogens with zero attached hydrogens (tertiary/aromatic N) is 1. The van der Waals surface area contributed by atoms with Crippen molar-refractivity contribution in [1.29, 1.82) is 0 Å². The molecule has 3 nitrogen and oxygen atoms in total. The van der Waals surface area contributed by atoms with Crippen LogP contribution in [-0.2, 0) is 10.3 Å². The van der Waals surface area contributed by atoms with Gasteiger partial charge in [-0.3, -0.25) is 9.69 Å². The van der Waals surface area contributed by atoms with Crippen LogP contribution < -0.4 is 5.32 Å². The van der Waals surface area contributed by atoms with Gasteiger partial charge in [0.15, 0.2) is 0 Å². The Morgan fingerprint density at radius 2 is 1.88 bits per heavy atom. The van der Waals surface area contributed by atoms with Gasteiger partial charge in [0.25, 0.3) is 0 Å². The van der Waals surface area contributed by atoms with Gasteiger partial charge in [0.1, 0.15) is 0 Å². The first kappa shape index (κ1) is 18.5. The van der Waals surface area contributed by atoms with Gasteiger partial charge in [0, 0.05) is 29.4 Å². The van der Waals surface area contributed by atoms with Crippen molar-refractivity contribution in [3.8, 4) is 0 Å². The Morgan fingerprint density at radius 1 is 1.15 bits per heavy atom. The van der Waals surface area contributed by atoms with Crippen LogP contribution in [-0.4, -0.2) is 30.4 Å². The van der Waals surface area contributed by atoms with Crippen molar-refractivity contribution in [2.45, 2.75) is 77.2 Å². The van der Waals surface area contributed by atoms with E-state index < -0.39 is 0 Å². The van der Waals surface area contributed by atoms with Crippen LogP contribution in [0.1, 0.15) is 74.5 Å². The number of thiophene rings is 1. The van der Waals surface area contributed by atoms with Gasteiger partial charge < -0.3 is 5.32 Å². The molecule has 1 aromatic rings. The normalized spacial score (nSPS) is 28.4. The molecule has 4 heteroatoms. The minimum atomic E-state index is -0.0757. The summed E-state index contributed by atoms with van der Waals surface area (Å²) in [7, 11) is 0. The zero-order valence-corrected chi connectivity index (χ0v) is 17.3. The van der Waals surface area contributed by atoms with Gasteiger partial charge in [-0.05, 0) is 57.1 Å². The van der Waals surface area contributed by atoms with Gasteiger partial charge in [-0.1, -0.05) is 32.6 Å². The molecule has 26 heavy (non-hydrogen) atoms. The van der Waals surface area contributed by atoms with Crippen molar-refractivity contribution in [1.82, 2.24) is 10.2 Å². The van der Waals surface area contributed by atoms with E-state index in [0.29, 0.717) is 11.8 Å². The maximum Gasteiger partial charge on any atom is 0.226 e. The fraction of sp³-hybridized carbons (Fsp3) is 0.773. The van der Waals surface area contributed by atoms with E-state index in [1.54, 1.807) is 4.88 Å². The maximum atomic E-state index is 12.7. The highest BCUT2D eigenvalue weighted by Gasteiger charge is 2.53. The largest absolute Gasteiger partial charge is 0.355 e. The molecule has 3 fully saturated rings. The molecule has 1 aliphatic carbocycles. The second kappa shape index (κ2) is 7.27. The standard InChI is InChI=1S/C22H34N2OS/c1-3-7-18-16-23-20(25)21(18)12-14-24(15-13-21)22(10-5-4-6-11-22)19-9-8-17(2)26-19/h8-9,18H,3-7,10-16H2,1-2H3,(H,23,25). The Morgan fingerprint density at radius 3 is 2.50 bits per heavy atom. The summed E-state index contributed by atoms with van der Waals surface area (Å²) in [5.74, 6) is 0.897.